The van der Waals surface area contributed by atoms with Gasteiger partial charge in [0.15, 0.2) is 16.7 Å². The number of amides is 1. The molecule has 1 amide bonds. The molecule has 0 saturated carbocycles. The second-order valence-electron chi connectivity index (χ2n) is 4.87. The van der Waals surface area contributed by atoms with E-state index < -0.39 is 0 Å². The first kappa shape index (κ1) is 15.3. The predicted molar refractivity (Wildman–Crippen MR) is 82.3 cm³/mol. The number of aryl methyl sites for hydroxylation is 1. The molecule has 3 aromatic rings. The smallest absolute Gasteiger partial charge is 0.219 e. The zero-order valence-electron chi connectivity index (χ0n) is 12.4. The molecule has 3 rings (SSSR count). The highest BCUT2D eigenvalue weighted by molar-refractivity contribution is 7.98. The van der Waals surface area contributed by atoms with Crippen molar-refractivity contribution in [2.24, 2.45) is 5.73 Å². The molecule has 0 aromatic carbocycles. The van der Waals surface area contributed by atoms with Gasteiger partial charge in [-0.3, -0.25) is 9.36 Å². The Morgan fingerprint density at radius 3 is 2.96 bits per heavy atom. The number of nitrogens with zero attached hydrogens (tertiary/aromatic N) is 4. The van der Waals surface area contributed by atoms with Gasteiger partial charge in [0.25, 0.3) is 0 Å². The molecule has 0 saturated heterocycles. The Labute approximate surface area is 136 Å². The van der Waals surface area contributed by atoms with Crippen molar-refractivity contribution in [1.29, 1.82) is 0 Å². The van der Waals surface area contributed by atoms with Crippen LogP contribution in [0.2, 0.25) is 0 Å². The summed E-state index contributed by atoms with van der Waals surface area (Å²) >= 11 is 1.45. The van der Waals surface area contributed by atoms with E-state index in [4.69, 9.17) is 14.7 Å². The molecule has 0 spiro atoms. The fraction of sp³-hybridized carbons (Fsp3) is 0.286. The van der Waals surface area contributed by atoms with Gasteiger partial charge in [-0.1, -0.05) is 16.9 Å². The highest BCUT2D eigenvalue weighted by atomic mass is 32.2. The van der Waals surface area contributed by atoms with Crippen LogP contribution in [0.5, 0.6) is 0 Å². The molecular weight excluding hydrogens is 318 g/mol. The van der Waals surface area contributed by atoms with Gasteiger partial charge in [0.05, 0.1) is 17.7 Å². The van der Waals surface area contributed by atoms with E-state index in [1.807, 2.05) is 17.6 Å². The summed E-state index contributed by atoms with van der Waals surface area (Å²) in [6.07, 6.45) is 1.76. The van der Waals surface area contributed by atoms with Crippen LogP contribution >= 0.6 is 11.8 Å². The lowest BCUT2D eigenvalue weighted by Crippen LogP contribution is -2.15. The average Bonchev–Trinajstić information content (AvgIpc) is 3.23. The molecule has 0 bridgehead atoms. The second-order valence-corrected chi connectivity index (χ2v) is 5.82. The third-order valence-electron chi connectivity index (χ3n) is 3.06. The van der Waals surface area contributed by atoms with Gasteiger partial charge >= 0.3 is 0 Å². The normalized spacial score (nSPS) is 11.0. The lowest BCUT2D eigenvalue weighted by atomic mass is 10.3. The average molecular weight is 333 g/mol. The van der Waals surface area contributed by atoms with Crippen molar-refractivity contribution in [3.8, 4) is 11.6 Å². The minimum atomic E-state index is -0.383. The van der Waals surface area contributed by atoms with E-state index in [2.05, 4.69) is 15.4 Å². The number of thioether (sulfide) groups is 1. The molecule has 0 aliphatic rings. The molecule has 9 heteroatoms. The molecule has 0 unspecified atom stereocenters. The molecule has 120 valence electrons. The quantitative estimate of drug-likeness (QED) is 0.658. The van der Waals surface area contributed by atoms with E-state index in [9.17, 15) is 4.79 Å². The Bertz CT molecular complexity index is 793. The van der Waals surface area contributed by atoms with Crippen LogP contribution in [-0.4, -0.2) is 25.8 Å². The predicted octanol–water partition coefficient (Wildman–Crippen LogP) is 2.00. The number of primary amides is 1. The molecule has 3 aromatic heterocycles. The lowest BCUT2D eigenvalue weighted by Gasteiger charge is -2.07. The molecule has 2 N–H and O–H groups in total. The third kappa shape index (κ3) is 3.62. The summed E-state index contributed by atoms with van der Waals surface area (Å²) in [4.78, 5) is 11.1. The summed E-state index contributed by atoms with van der Waals surface area (Å²) in [5, 5.41) is 12.8. The van der Waals surface area contributed by atoms with Crippen LogP contribution in [0, 0.1) is 6.92 Å². The largest absolute Gasteiger partial charge is 0.461 e. The summed E-state index contributed by atoms with van der Waals surface area (Å²) in [5.74, 6) is 2.08. The van der Waals surface area contributed by atoms with Gasteiger partial charge in [-0.15, -0.1) is 10.2 Å². The summed E-state index contributed by atoms with van der Waals surface area (Å²) in [6.45, 7) is 2.25. The van der Waals surface area contributed by atoms with E-state index in [1.54, 1.807) is 18.4 Å². The zero-order valence-corrected chi connectivity index (χ0v) is 13.2. The highest BCUT2D eigenvalue weighted by Crippen LogP contribution is 2.27. The highest BCUT2D eigenvalue weighted by Gasteiger charge is 2.17. The van der Waals surface area contributed by atoms with E-state index in [0.717, 1.165) is 11.5 Å². The number of carbonyl (C=O) groups is 1. The SMILES string of the molecule is Cc1cc(CSc2nnc(-c3ccco3)n2CCC(N)=O)on1. The maximum absolute atomic E-state index is 11.1. The number of hydrogen-bond donors (Lipinski definition) is 1. The first-order valence-corrected chi connectivity index (χ1v) is 7.92. The van der Waals surface area contributed by atoms with Gasteiger partial charge in [-0.2, -0.15) is 0 Å². The second kappa shape index (κ2) is 6.69. The van der Waals surface area contributed by atoms with Crippen molar-refractivity contribution in [2.45, 2.75) is 30.8 Å². The Morgan fingerprint density at radius 2 is 2.30 bits per heavy atom. The Morgan fingerprint density at radius 1 is 1.43 bits per heavy atom. The third-order valence-corrected chi connectivity index (χ3v) is 4.05. The van der Waals surface area contributed by atoms with Crippen LogP contribution in [0.1, 0.15) is 17.9 Å². The first-order valence-electron chi connectivity index (χ1n) is 6.94. The topological polar surface area (TPSA) is 113 Å². The molecule has 0 aliphatic heterocycles. The molecule has 3 heterocycles. The number of nitrogens with two attached hydrogens (primary N) is 1. The van der Waals surface area contributed by atoms with Crippen LogP contribution in [0.25, 0.3) is 11.6 Å². The number of furan rings is 1. The minimum absolute atomic E-state index is 0.195. The van der Waals surface area contributed by atoms with Crippen molar-refractivity contribution in [2.75, 3.05) is 0 Å². The Hall–Kier alpha value is -2.55. The van der Waals surface area contributed by atoms with Crippen LogP contribution in [0.15, 0.2) is 38.6 Å². The van der Waals surface area contributed by atoms with Gasteiger partial charge in [-0.25, -0.2) is 0 Å². The van der Waals surface area contributed by atoms with Gasteiger partial charge in [0.1, 0.15) is 5.76 Å². The van der Waals surface area contributed by atoms with Gasteiger partial charge < -0.3 is 14.7 Å². The van der Waals surface area contributed by atoms with Crippen LogP contribution in [0.4, 0.5) is 0 Å². The molecule has 8 nitrogen and oxygen atoms in total. The van der Waals surface area contributed by atoms with Crippen molar-refractivity contribution in [3.05, 3.63) is 35.9 Å². The van der Waals surface area contributed by atoms with Gasteiger partial charge in [0, 0.05) is 19.0 Å². The molecule has 0 radical (unpaired) electrons. The zero-order chi connectivity index (χ0) is 16.2. The van der Waals surface area contributed by atoms with E-state index >= 15 is 0 Å². The summed E-state index contributed by atoms with van der Waals surface area (Å²) in [5.41, 5.74) is 6.08. The maximum atomic E-state index is 11.1. The van der Waals surface area contributed by atoms with Crippen molar-refractivity contribution in [3.63, 3.8) is 0 Å². The summed E-state index contributed by atoms with van der Waals surface area (Å²) in [7, 11) is 0. The molecule has 0 atom stereocenters. The number of carbonyl (C=O) groups excluding carboxylic acids is 1. The molecule has 0 aliphatic carbocycles. The van der Waals surface area contributed by atoms with E-state index in [1.165, 1.54) is 11.8 Å². The van der Waals surface area contributed by atoms with Crippen LogP contribution in [0.3, 0.4) is 0 Å². The van der Waals surface area contributed by atoms with Crippen molar-refractivity contribution >= 4 is 17.7 Å². The molecule has 23 heavy (non-hydrogen) atoms. The standard InChI is InChI=1S/C14H15N5O3S/c1-9-7-10(22-18-9)8-23-14-17-16-13(11-3-2-6-21-11)19(14)5-4-12(15)20/h2-3,6-7H,4-5,8H2,1H3,(H2,15,20). The molecule has 0 fully saturated rings. The number of hydrogen-bond acceptors (Lipinski definition) is 7. The van der Waals surface area contributed by atoms with Gasteiger partial charge in [0.2, 0.25) is 5.91 Å². The summed E-state index contributed by atoms with van der Waals surface area (Å²) in [6, 6.07) is 5.43. The fourth-order valence-electron chi connectivity index (χ4n) is 2.03. The maximum Gasteiger partial charge on any atom is 0.219 e. The Balaban J connectivity index is 1.82. The fourth-order valence-corrected chi connectivity index (χ4v) is 2.87. The molecular formula is C14H15N5O3S. The Kier molecular flexibility index (Phi) is 4.47. The van der Waals surface area contributed by atoms with Crippen molar-refractivity contribution in [1.82, 2.24) is 19.9 Å². The van der Waals surface area contributed by atoms with E-state index in [0.29, 0.717) is 29.0 Å². The minimum Gasteiger partial charge on any atom is -0.461 e. The lowest BCUT2D eigenvalue weighted by molar-refractivity contribution is -0.118. The summed E-state index contributed by atoms with van der Waals surface area (Å²) < 4.78 is 12.4. The van der Waals surface area contributed by atoms with Crippen LogP contribution < -0.4 is 5.73 Å². The van der Waals surface area contributed by atoms with Crippen LogP contribution in [-0.2, 0) is 17.1 Å². The van der Waals surface area contributed by atoms with Crippen molar-refractivity contribution < 1.29 is 13.7 Å². The first-order chi connectivity index (χ1) is 11.1. The van der Waals surface area contributed by atoms with Gasteiger partial charge in [-0.05, 0) is 19.1 Å². The number of aromatic nitrogens is 4. The monoisotopic (exact) mass is 333 g/mol. The number of rotatable bonds is 7. The van der Waals surface area contributed by atoms with E-state index in [-0.39, 0.29) is 12.3 Å².